The molecule has 0 saturated carbocycles. The summed E-state index contributed by atoms with van der Waals surface area (Å²) in [5, 5.41) is 9.90. The van der Waals surface area contributed by atoms with Crippen LogP contribution in [0.2, 0.25) is 0 Å². The number of pyridine rings is 1. The number of nitriles is 1. The van der Waals surface area contributed by atoms with Crippen molar-refractivity contribution >= 4 is 51.8 Å². The van der Waals surface area contributed by atoms with Gasteiger partial charge in [-0.05, 0) is 49.2 Å². The minimum absolute atomic E-state index is 0.104. The lowest BCUT2D eigenvalue weighted by Crippen LogP contribution is -2.48. The number of para-hydroxylation sites is 1. The van der Waals surface area contributed by atoms with Crippen LogP contribution < -0.4 is 15.4 Å². The highest BCUT2D eigenvalue weighted by molar-refractivity contribution is 8.26. The first-order chi connectivity index (χ1) is 18.9. The van der Waals surface area contributed by atoms with E-state index in [0.29, 0.717) is 45.7 Å². The molecule has 0 radical (unpaired) electrons. The molecule has 39 heavy (non-hydrogen) atoms. The van der Waals surface area contributed by atoms with Crippen LogP contribution in [-0.2, 0) is 17.9 Å². The number of amides is 1. The van der Waals surface area contributed by atoms with Crippen LogP contribution >= 0.6 is 24.0 Å². The van der Waals surface area contributed by atoms with Crippen molar-refractivity contribution in [2.45, 2.75) is 33.4 Å². The minimum Gasteiger partial charge on any atom is -0.467 e. The van der Waals surface area contributed by atoms with Crippen LogP contribution in [0, 0.1) is 18.3 Å². The molecule has 1 amide bonds. The molecular formula is C29H29N5O3S2. The van der Waals surface area contributed by atoms with Crippen LogP contribution in [-0.4, -0.2) is 45.9 Å². The van der Waals surface area contributed by atoms with Crippen molar-refractivity contribution in [2.75, 3.05) is 36.0 Å². The molecule has 2 fully saturated rings. The van der Waals surface area contributed by atoms with Gasteiger partial charge >= 0.3 is 0 Å². The van der Waals surface area contributed by atoms with Crippen LogP contribution in [0.4, 0.5) is 11.5 Å². The Kier molecular flexibility index (Phi) is 7.91. The Morgan fingerprint density at radius 1 is 1.08 bits per heavy atom. The second-order valence-electron chi connectivity index (χ2n) is 9.46. The number of piperazine rings is 1. The molecule has 0 unspecified atom stereocenters. The molecule has 3 aromatic rings. The lowest BCUT2D eigenvalue weighted by molar-refractivity contribution is -0.122. The minimum atomic E-state index is -0.292. The Labute approximate surface area is 237 Å². The second-order valence-corrected chi connectivity index (χ2v) is 11.1. The van der Waals surface area contributed by atoms with Gasteiger partial charge in [-0.1, -0.05) is 49.1 Å². The Bertz CT molecular complexity index is 1510. The molecule has 2 aliphatic heterocycles. The summed E-state index contributed by atoms with van der Waals surface area (Å²) in [7, 11) is 0. The molecule has 10 heteroatoms. The molecule has 5 rings (SSSR count). The monoisotopic (exact) mass is 559 g/mol. The quantitative estimate of drug-likeness (QED) is 0.303. The van der Waals surface area contributed by atoms with E-state index in [1.54, 1.807) is 29.9 Å². The normalized spacial score (nSPS) is 16.8. The van der Waals surface area contributed by atoms with E-state index in [1.165, 1.54) is 22.3 Å². The number of thiocarbonyl (C=S) groups is 1. The van der Waals surface area contributed by atoms with E-state index in [0.717, 1.165) is 25.3 Å². The SMILES string of the molecule is CCCn1c(N2CCN(c3ccccc3)CC2)c(/C=C2/SC(=S)N(Cc3ccco3)C2=O)c(C)c(C#N)c1=O. The highest BCUT2D eigenvalue weighted by Crippen LogP contribution is 2.37. The molecule has 0 spiro atoms. The maximum absolute atomic E-state index is 13.5. The highest BCUT2D eigenvalue weighted by atomic mass is 32.2. The molecule has 0 N–H and O–H groups in total. The van der Waals surface area contributed by atoms with Crippen molar-refractivity contribution in [1.82, 2.24) is 9.47 Å². The molecule has 4 heterocycles. The van der Waals surface area contributed by atoms with Gasteiger partial charge in [0.25, 0.3) is 11.5 Å². The van der Waals surface area contributed by atoms with Gasteiger partial charge < -0.3 is 14.2 Å². The molecule has 0 aliphatic carbocycles. The van der Waals surface area contributed by atoms with Crippen molar-refractivity contribution in [2.24, 2.45) is 0 Å². The summed E-state index contributed by atoms with van der Waals surface area (Å²) in [6, 6.07) is 16.0. The number of hydrogen-bond donors (Lipinski definition) is 0. The Hall–Kier alpha value is -3.81. The van der Waals surface area contributed by atoms with Crippen LogP contribution in [0.15, 0.2) is 62.8 Å². The maximum Gasteiger partial charge on any atom is 0.270 e. The van der Waals surface area contributed by atoms with Crippen LogP contribution in [0.1, 0.15) is 35.8 Å². The summed E-state index contributed by atoms with van der Waals surface area (Å²) in [5.41, 5.74) is 2.27. The van der Waals surface area contributed by atoms with Crippen LogP contribution in [0.25, 0.3) is 6.08 Å². The number of benzene rings is 1. The first-order valence-electron chi connectivity index (χ1n) is 12.9. The predicted octanol–water partition coefficient (Wildman–Crippen LogP) is 4.76. The number of anilines is 2. The van der Waals surface area contributed by atoms with E-state index in [9.17, 15) is 14.9 Å². The zero-order valence-corrected chi connectivity index (χ0v) is 23.6. The summed E-state index contributed by atoms with van der Waals surface area (Å²) in [4.78, 5) is 33.4. The number of carbonyl (C=O) groups excluding carboxylic acids is 1. The van der Waals surface area contributed by atoms with Crippen molar-refractivity contribution < 1.29 is 9.21 Å². The third-order valence-corrected chi connectivity index (χ3v) is 8.42. The molecule has 200 valence electrons. The van der Waals surface area contributed by atoms with E-state index in [2.05, 4.69) is 28.0 Å². The van der Waals surface area contributed by atoms with E-state index in [1.807, 2.05) is 31.2 Å². The molecule has 2 aliphatic rings. The number of hydrogen-bond acceptors (Lipinski definition) is 8. The van der Waals surface area contributed by atoms with Crippen molar-refractivity contribution in [1.29, 1.82) is 5.26 Å². The van der Waals surface area contributed by atoms with Crippen LogP contribution in [0.3, 0.4) is 0 Å². The van der Waals surface area contributed by atoms with Crippen molar-refractivity contribution in [3.8, 4) is 6.07 Å². The topological polar surface area (TPSA) is 85.7 Å². The first kappa shape index (κ1) is 26.8. The van der Waals surface area contributed by atoms with Gasteiger partial charge in [0.2, 0.25) is 0 Å². The lowest BCUT2D eigenvalue weighted by Gasteiger charge is -2.39. The van der Waals surface area contributed by atoms with Gasteiger partial charge in [0.05, 0.1) is 17.7 Å². The van der Waals surface area contributed by atoms with E-state index in [4.69, 9.17) is 16.6 Å². The molecule has 0 bridgehead atoms. The summed E-state index contributed by atoms with van der Waals surface area (Å²) in [6.45, 7) is 7.49. The second kappa shape index (κ2) is 11.5. The number of carbonyl (C=O) groups is 1. The predicted molar refractivity (Wildman–Crippen MR) is 159 cm³/mol. The Morgan fingerprint density at radius 2 is 1.79 bits per heavy atom. The van der Waals surface area contributed by atoms with Crippen LogP contribution in [0.5, 0.6) is 0 Å². The summed E-state index contributed by atoms with van der Waals surface area (Å²) in [5.74, 6) is 1.18. The zero-order chi connectivity index (χ0) is 27.5. The van der Waals surface area contributed by atoms with E-state index >= 15 is 0 Å². The molecule has 2 saturated heterocycles. The number of furan rings is 1. The zero-order valence-electron chi connectivity index (χ0n) is 21.9. The number of nitrogens with zero attached hydrogens (tertiary/aromatic N) is 5. The van der Waals surface area contributed by atoms with Crippen molar-refractivity contribution in [3.63, 3.8) is 0 Å². The molecule has 8 nitrogen and oxygen atoms in total. The largest absolute Gasteiger partial charge is 0.467 e. The average Bonchev–Trinajstić information content (AvgIpc) is 3.56. The Morgan fingerprint density at radius 3 is 2.44 bits per heavy atom. The fourth-order valence-electron chi connectivity index (χ4n) is 5.06. The van der Waals surface area contributed by atoms with Gasteiger partial charge in [-0.3, -0.25) is 19.1 Å². The van der Waals surface area contributed by atoms with E-state index < -0.39 is 0 Å². The smallest absolute Gasteiger partial charge is 0.270 e. The average molecular weight is 560 g/mol. The van der Waals surface area contributed by atoms with Crippen molar-refractivity contribution in [3.05, 3.63) is 86.4 Å². The third kappa shape index (κ3) is 5.24. The fraction of sp³-hybridized carbons (Fsp3) is 0.310. The standard InChI is InChI=1S/C29H29N5O3S2/c1-3-11-33-26(32-14-12-31(13-15-32)21-8-5-4-6-9-21)23(20(2)24(18-30)27(33)35)17-25-28(36)34(29(38)39-25)19-22-10-7-16-37-22/h4-10,16-17H,3,11-15,19H2,1-2H3/b25-17+. The summed E-state index contributed by atoms with van der Waals surface area (Å²) in [6.07, 6.45) is 4.11. The third-order valence-electron chi connectivity index (χ3n) is 7.04. The van der Waals surface area contributed by atoms with Gasteiger partial charge in [-0.15, -0.1) is 0 Å². The highest BCUT2D eigenvalue weighted by Gasteiger charge is 2.34. The van der Waals surface area contributed by atoms with Gasteiger partial charge in [0.1, 0.15) is 27.5 Å². The van der Waals surface area contributed by atoms with Gasteiger partial charge in [-0.2, -0.15) is 5.26 Å². The molecular weight excluding hydrogens is 530 g/mol. The van der Waals surface area contributed by atoms with Gasteiger partial charge in [0, 0.05) is 44.0 Å². The lowest BCUT2D eigenvalue weighted by atomic mass is 10.0. The molecule has 0 atom stereocenters. The van der Waals surface area contributed by atoms with E-state index in [-0.39, 0.29) is 23.6 Å². The summed E-state index contributed by atoms with van der Waals surface area (Å²) < 4.78 is 7.58. The van der Waals surface area contributed by atoms with Gasteiger partial charge in [-0.25, -0.2) is 0 Å². The molecule has 2 aromatic heterocycles. The summed E-state index contributed by atoms with van der Waals surface area (Å²) >= 11 is 6.76. The Balaban J connectivity index is 1.55. The molecule has 1 aromatic carbocycles. The fourth-order valence-corrected chi connectivity index (χ4v) is 6.29. The number of aromatic nitrogens is 1. The maximum atomic E-state index is 13.5. The number of rotatable bonds is 7. The number of thioether (sulfide) groups is 1. The van der Waals surface area contributed by atoms with Gasteiger partial charge in [0.15, 0.2) is 0 Å². The first-order valence-corrected chi connectivity index (χ1v) is 14.2.